The van der Waals surface area contributed by atoms with E-state index in [1.54, 1.807) is 23.1 Å². The Morgan fingerprint density at radius 2 is 2.22 bits per heavy atom. The van der Waals surface area contributed by atoms with Crippen LogP contribution in [0.15, 0.2) is 18.2 Å². The van der Waals surface area contributed by atoms with Crippen molar-refractivity contribution in [1.82, 2.24) is 4.90 Å². The van der Waals surface area contributed by atoms with Crippen LogP contribution in [0.25, 0.3) is 0 Å². The standard InChI is InChI=1S/C12H12Cl3NO2/c13-6-8-7-16(4-5-18-8)12(17)9-2-1-3-10(14)11(9)15/h1-3,8H,4-7H2. The molecule has 1 aromatic carbocycles. The number of benzene rings is 1. The van der Waals surface area contributed by atoms with E-state index in [1.807, 2.05) is 0 Å². The fraction of sp³-hybridized carbons (Fsp3) is 0.417. The summed E-state index contributed by atoms with van der Waals surface area (Å²) in [5.41, 5.74) is 0.416. The van der Waals surface area contributed by atoms with E-state index in [1.165, 1.54) is 0 Å². The van der Waals surface area contributed by atoms with Gasteiger partial charge in [0, 0.05) is 13.1 Å². The minimum absolute atomic E-state index is 0.123. The number of rotatable bonds is 2. The number of hydrogen-bond acceptors (Lipinski definition) is 2. The van der Waals surface area contributed by atoms with Gasteiger partial charge in [-0.15, -0.1) is 11.6 Å². The molecule has 1 aliphatic rings. The molecule has 1 aliphatic heterocycles. The molecule has 1 unspecified atom stereocenters. The topological polar surface area (TPSA) is 29.5 Å². The van der Waals surface area contributed by atoms with Crippen molar-refractivity contribution in [2.75, 3.05) is 25.6 Å². The number of carbonyl (C=O) groups excluding carboxylic acids is 1. The lowest BCUT2D eigenvalue weighted by Gasteiger charge is -2.32. The first kappa shape index (κ1) is 13.9. The van der Waals surface area contributed by atoms with E-state index in [4.69, 9.17) is 39.5 Å². The van der Waals surface area contributed by atoms with E-state index in [2.05, 4.69) is 0 Å². The third-order valence-electron chi connectivity index (χ3n) is 2.78. The first-order valence-electron chi connectivity index (χ1n) is 5.54. The summed E-state index contributed by atoms with van der Waals surface area (Å²) in [6.45, 7) is 1.50. The molecule has 0 saturated carbocycles. The smallest absolute Gasteiger partial charge is 0.255 e. The molecule has 1 saturated heterocycles. The molecule has 0 aliphatic carbocycles. The molecule has 0 N–H and O–H groups in total. The van der Waals surface area contributed by atoms with Crippen LogP contribution in [0.2, 0.25) is 10.0 Å². The molecule has 0 spiro atoms. The van der Waals surface area contributed by atoms with E-state index in [0.717, 1.165) is 0 Å². The number of carbonyl (C=O) groups is 1. The van der Waals surface area contributed by atoms with E-state index in [0.29, 0.717) is 36.2 Å². The highest BCUT2D eigenvalue weighted by atomic mass is 35.5. The number of morpholine rings is 1. The Hall–Kier alpha value is -0.480. The van der Waals surface area contributed by atoms with Gasteiger partial charge in [-0.25, -0.2) is 0 Å². The molecule has 98 valence electrons. The Bertz CT molecular complexity index is 453. The van der Waals surface area contributed by atoms with Crippen molar-refractivity contribution in [3.8, 4) is 0 Å². The summed E-state index contributed by atoms with van der Waals surface area (Å²) in [6.07, 6.45) is -0.123. The van der Waals surface area contributed by atoms with E-state index in [9.17, 15) is 4.79 Å². The predicted octanol–water partition coefficient (Wildman–Crippen LogP) is 3.07. The van der Waals surface area contributed by atoms with Gasteiger partial charge in [0.25, 0.3) is 5.91 Å². The highest BCUT2D eigenvalue weighted by Gasteiger charge is 2.26. The summed E-state index contributed by atoms with van der Waals surface area (Å²) in [7, 11) is 0. The van der Waals surface area contributed by atoms with Gasteiger partial charge in [-0.2, -0.15) is 0 Å². The van der Waals surface area contributed by atoms with E-state index in [-0.39, 0.29) is 17.0 Å². The van der Waals surface area contributed by atoms with Gasteiger partial charge in [0.2, 0.25) is 0 Å². The number of hydrogen-bond donors (Lipinski definition) is 0. The Morgan fingerprint density at radius 3 is 2.94 bits per heavy atom. The van der Waals surface area contributed by atoms with Gasteiger partial charge >= 0.3 is 0 Å². The summed E-state index contributed by atoms with van der Waals surface area (Å²) in [4.78, 5) is 14.0. The fourth-order valence-corrected chi connectivity index (χ4v) is 2.40. The molecule has 0 aromatic heterocycles. The minimum Gasteiger partial charge on any atom is -0.373 e. The van der Waals surface area contributed by atoms with Crippen LogP contribution < -0.4 is 0 Å². The second-order valence-corrected chi connectivity index (χ2v) is 5.09. The largest absolute Gasteiger partial charge is 0.373 e. The molecule has 3 nitrogen and oxygen atoms in total. The molecular formula is C12H12Cl3NO2. The second-order valence-electron chi connectivity index (χ2n) is 4.00. The van der Waals surface area contributed by atoms with Crippen LogP contribution in [0.1, 0.15) is 10.4 Å². The maximum absolute atomic E-state index is 12.3. The van der Waals surface area contributed by atoms with Crippen LogP contribution in [0.4, 0.5) is 0 Å². The van der Waals surface area contributed by atoms with Gasteiger partial charge in [0.05, 0.1) is 34.2 Å². The Labute approximate surface area is 121 Å². The lowest BCUT2D eigenvalue weighted by atomic mass is 10.1. The minimum atomic E-state index is -0.138. The molecule has 0 bridgehead atoms. The lowest BCUT2D eigenvalue weighted by molar-refractivity contribution is -0.0107. The van der Waals surface area contributed by atoms with Crippen LogP contribution >= 0.6 is 34.8 Å². The van der Waals surface area contributed by atoms with Crippen molar-refractivity contribution in [3.05, 3.63) is 33.8 Å². The number of amides is 1. The first-order chi connectivity index (χ1) is 8.63. The van der Waals surface area contributed by atoms with Crippen molar-refractivity contribution in [2.24, 2.45) is 0 Å². The quantitative estimate of drug-likeness (QED) is 0.786. The summed E-state index contributed by atoms with van der Waals surface area (Å²) >= 11 is 17.7. The lowest BCUT2D eigenvalue weighted by Crippen LogP contribution is -2.46. The van der Waals surface area contributed by atoms with Gasteiger partial charge in [0.1, 0.15) is 0 Å². The highest BCUT2D eigenvalue weighted by molar-refractivity contribution is 6.43. The molecule has 1 aromatic rings. The summed E-state index contributed by atoms with van der Waals surface area (Å²) in [5.74, 6) is 0.230. The maximum Gasteiger partial charge on any atom is 0.255 e. The first-order valence-corrected chi connectivity index (χ1v) is 6.83. The zero-order valence-electron chi connectivity index (χ0n) is 9.54. The average Bonchev–Trinajstić information content (AvgIpc) is 2.41. The monoisotopic (exact) mass is 307 g/mol. The Balaban J connectivity index is 2.18. The highest BCUT2D eigenvalue weighted by Crippen LogP contribution is 2.27. The SMILES string of the molecule is O=C(c1cccc(Cl)c1Cl)N1CCOC(CCl)C1. The molecule has 18 heavy (non-hydrogen) atoms. The van der Waals surface area contributed by atoms with Crippen molar-refractivity contribution < 1.29 is 9.53 Å². The van der Waals surface area contributed by atoms with Gasteiger partial charge in [0.15, 0.2) is 0 Å². The molecule has 2 rings (SSSR count). The van der Waals surface area contributed by atoms with E-state index >= 15 is 0 Å². The predicted molar refractivity (Wildman–Crippen MR) is 72.8 cm³/mol. The third kappa shape index (κ3) is 2.91. The third-order valence-corrected chi connectivity index (χ3v) is 3.94. The molecule has 1 amide bonds. The van der Waals surface area contributed by atoms with Gasteiger partial charge in [-0.1, -0.05) is 29.3 Å². The van der Waals surface area contributed by atoms with E-state index < -0.39 is 0 Å². The molecule has 1 atom stereocenters. The Morgan fingerprint density at radius 1 is 1.44 bits per heavy atom. The van der Waals surface area contributed by atoms with Gasteiger partial charge in [-0.05, 0) is 12.1 Å². The van der Waals surface area contributed by atoms with Crippen LogP contribution in [0.5, 0.6) is 0 Å². The molecule has 1 heterocycles. The van der Waals surface area contributed by atoms with Crippen LogP contribution in [-0.4, -0.2) is 42.5 Å². The molecule has 1 fully saturated rings. The number of alkyl halides is 1. The summed E-state index contributed by atoms with van der Waals surface area (Å²) in [5, 5.41) is 0.669. The van der Waals surface area contributed by atoms with Gasteiger partial charge < -0.3 is 9.64 Å². The average molecular weight is 309 g/mol. The van der Waals surface area contributed by atoms with Crippen LogP contribution in [-0.2, 0) is 4.74 Å². The molecule has 0 radical (unpaired) electrons. The normalized spacial score (nSPS) is 19.9. The maximum atomic E-state index is 12.3. The van der Waals surface area contributed by atoms with Crippen molar-refractivity contribution >= 4 is 40.7 Å². The van der Waals surface area contributed by atoms with Crippen LogP contribution in [0, 0.1) is 0 Å². The fourth-order valence-electron chi connectivity index (χ4n) is 1.84. The summed E-state index contributed by atoms with van der Waals surface area (Å²) in [6, 6.07) is 5.03. The molecule has 6 heteroatoms. The van der Waals surface area contributed by atoms with Crippen molar-refractivity contribution in [2.45, 2.75) is 6.10 Å². The number of ether oxygens (including phenoxy) is 1. The zero-order valence-corrected chi connectivity index (χ0v) is 11.8. The number of halogens is 3. The Kier molecular flexibility index (Phi) is 4.73. The van der Waals surface area contributed by atoms with Crippen molar-refractivity contribution in [1.29, 1.82) is 0 Å². The van der Waals surface area contributed by atoms with Gasteiger partial charge in [-0.3, -0.25) is 4.79 Å². The summed E-state index contributed by atoms with van der Waals surface area (Å²) < 4.78 is 5.41. The second kappa shape index (κ2) is 6.11. The zero-order chi connectivity index (χ0) is 13.1. The van der Waals surface area contributed by atoms with Crippen LogP contribution in [0.3, 0.4) is 0 Å². The number of nitrogens with zero attached hydrogens (tertiary/aromatic N) is 1. The molecular weight excluding hydrogens is 296 g/mol. The van der Waals surface area contributed by atoms with Crippen molar-refractivity contribution in [3.63, 3.8) is 0 Å².